The van der Waals surface area contributed by atoms with Gasteiger partial charge in [-0.05, 0) is 67.5 Å². The van der Waals surface area contributed by atoms with Crippen LogP contribution in [0, 0.1) is 6.92 Å². The summed E-state index contributed by atoms with van der Waals surface area (Å²) in [7, 11) is 0. The molecule has 0 bridgehead atoms. The van der Waals surface area contributed by atoms with Crippen LogP contribution >= 0.6 is 23.8 Å². The zero-order chi connectivity index (χ0) is 17.5. The van der Waals surface area contributed by atoms with Crippen LogP contribution in [0.4, 0.5) is 11.4 Å². The van der Waals surface area contributed by atoms with Gasteiger partial charge in [0.25, 0.3) is 0 Å². The molecule has 0 spiro atoms. The molecule has 2 aromatic carbocycles. The van der Waals surface area contributed by atoms with Gasteiger partial charge in [-0.15, -0.1) is 0 Å². The molecule has 0 saturated carbocycles. The molecule has 4 nitrogen and oxygen atoms in total. The molecule has 0 heterocycles. The molecule has 24 heavy (non-hydrogen) atoms. The monoisotopic (exact) mass is 362 g/mol. The number of ether oxygens (including phenoxy) is 1. The molecule has 0 radical (unpaired) electrons. The Morgan fingerprint density at radius 2 is 1.88 bits per heavy atom. The van der Waals surface area contributed by atoms with Gasteiger partial charge in [0.2, 0.25) is 0 Å². The molecule has 0 aliphatic carbocycles. The lowest BCUT2D eigenvalue weighted by Crippen LogP contribution is -2.19. The number of benzene rings is 2. The summed E-state index contributed by atoms with van der Waals surface area (Å²) in [5.41, 5.74) is 3.18. The van der Waals surface area contributed by atoms with Crippen molar-refractivity contribution in [2.45, 2.75) is 20.3 Å². The molecule has 2 rings (SSSR count). The first kappa shape index (κ1) is 18.2. The Bertz CT molecular complexity index is 732. The van der Waals surface area contributed by atoms with Gasteiger partial charge in [-0.3, -0.25) is 0 Å². The van der Waals surface area contributed by atoms with Crippen molar-refractivity contribution >= 4 is 46.3 Å². The first-order valence-corrected chi connectivity index (χ1v) is 8.39. The van der Waals surface area contributed by atoms with Gasteiger partial charge in [0.05, 0.1) is 12.2 Å². The topological polar surface area (TPSA) is 50.4 Å². The molecular formula is C18H19ClN2O2S. The quantitative estimate of drug-likeness (QED) is 0.577. The van der Waals surface area contributed by atoms with E-state index < -0.39 is 0 Å². The number of nitrogens with one attached hydrogen (secondary N) is 2. The fourth-order valence-corrected chi connectivity index (χ4v) is 2.38. The molecule has 0 fully saturated rings. The second kappa shape index (κ2) is 8.66. The summed E-state index contributed by atoms with van der Waals surface area (Å²) >= 11 is 11.3. The number of carbonyl (C=O) groups excluding carboxylic acids is 1. The summed E-state index contributed by atoms with van der Waals surface area (Å²) in [5.74, 6) is -0.321. The summed E-state index contributed by atoms with van der Waals surface area (Å²) in [5, 5.41) is 7.27. The van der Waals surface area contributed by atoms with Crippen molar-refractivity contribution in [3.63, 3.8) is 0 Å². The van der Waals surface area contributed by atoms with Crippen LogP contribution in [-0.4, -0.2) is 17.7 Å². The third-order valence-corrected chi connectivity index (χ3v) is 3.70. The molecule has 0 amide bonds. The second-order valence-corrected chi connectivity index (χ2v) is 6.10. The molecule has 2 N–H and O–H groups in total. The first-order valence-electron chi connectivity index (χ1n) is 7.61. The van der Waals surface area contributed by atoms with E-state index >= 15 is 0 Å². The number of rotatable bonds is 5. The van der Waals surface area contributed by atoms with Crippen molar-refractivity contribution in [3.05, 3.63) is 58.6 Å². The predicted molar refractivity (Wildman–Crippen MR) is 103 cm³/mol. The van der Waals surface area contributed by atoms with Gasteiger partial charge in [-0.1, -0.05) is 24.6 Å². The molecule has 6 heteroatoms. The largest absolute Gasteiger partial charge is 0.462 e. The Kier molecular flexibility index (Phi) is 6.58. The summed E-state index contributed by atoms with van der Waals surface area (Å²) in [6, 6.07) is 12.5. The molecule has 0 aliphatic rings. The lowest BCUT2D eigenvalue weighted by molar-refractivity contribution is 0.0505. The van der Waals surface area contributed by atoms with Crippen molar-refractivity contribution in [2.24, 2.45) is 0 Å². The van der Waals surface area contributed by atoms with Crippen LogP contribution in [0.25, 0.3) is 0 Å². The zero-order valence-electron chi connectivity index (χ0n) is 13.6. The first-order chi connectivity index (χ1) is 11.5. The summed E-state index contributed by atoms with van der Waals surface area (Å²) in [4.78, 5) is 11.8. The Labute approximate surface area is 152 Å². The maximum atomic E-state index is 11.8. The van der Waals surface area contributed by atoms with Gasteiger partial charge in [-0.2, -0.15) is 0 Å². The minimum absolute atomic E-state index is 0.321. The molecule has 0 atom stereocenters. The molecule has 126 valence electrons. The summed E-state index contributed by atoms with van der Waals surface area (Å²) in [6.07, 6.45) is 0.800. The molecule has 0 aliphatic heterocycles. The number of anilines is 2. The molecular weight excluding hydrogens is 344 g/mol. The average Bonchev–Trinajstić information content (AvgIpc) is 2.56. The Morgan fingerprint density at radius 3 is 2.54 bits per heavy atom. The standard InChI is InChI=1S/C18H19ClN2O2S/c1-3-10-23-17(22)13-5-8-15(9-6-13)20-18(24)21-16-11-14(19)7-4-12(16)2/h4-9,11H,3,10H2,1-2H3,(H2,20,21,24). The van der Waals surface area contributed by atoms with Crippen molar-refractivity contribution in [1.82, 2.24) is 0 Å². The number of aryl methyl sites for hydroxylation is 1. The van der Waals surface area contributed by atoms with E-state index in [0.29, 0.717) is 22.3 Å². The van der Waals surface area contributed by atoms with Gasteiger partial charge in [-0.25, -0.2) is 4.79 Å². The Morgan fingerprint density at radius 1 is 1.17 bits per heavy atom. The molecule has 0 saturated heterocycles. The third-order valence-electron chi connectivity index (χ3n) is 3.26. The van der Waals surface area contributed by atoms with Crippen molar-refractivity contribution in [1.29, 1.82) is 0 Å². The SMILES string of the molecule is CCCOC(=O)c1ccc(NC(=S)Nc2cc(Cl)ccc2C)cc1. The van der Waals surface area contributed by atoms with Gasteiger partial charge >= 0.3 is 5.97 Å². The van der Waals surface area contributed by atoms with Crippen molar-refractivity contribution < 1.29 is 9.53 Å². The maximum Gasteiger partial charge on any atom is 0.338 e. The fourth-order valence-electron chi connectivity index (χ4n) is 1.98. The van der Waals surface area contributed by atoms with Crippen LogP contribution in [0.15, 0.2) is 42.5 Å². The molecule has 0 aromatic heterocycles. The Hall–Kier alpha value is -2.11. The summed E-state index contributed by atoms with van der Waals surface area (Å²) < 4.78 is 5.09. The van der Waals surface area contributed by atoms with E-state index in [1.165, 1.54) is 0 Å². The molecule has 0 unspecified atom stereocenters. The molecule has 2 aromatic rings. The van der Waals surface area contributed by atoms with Gasteiger partial charge in [0.15, 0.2) is 5.11 Å². The number of hydrogen-bond donors (Lipinski definition) is 2. The van der Waals surface area contributed by atoms with E-state index in [2.05, 4.69) is 10.6 Å². The smallest absolute Gasteiger partial charge is 0.338 e. The van der Waals surface area contributed by atoms with Crippen LogP contribution in [-0.2, 0) is 4.74 Å². The van der Waals surface area contributed by atoms with Gasteiger partial charge in [0.1, 0.15) is 0 Å². The fraction of sp³-hybridized carbons (Fsp3) is 0.222. The number of esters is 1. The van der Waals surface area contributed by atoms with Gasteiger partial charge in [0, 0.05) is 16.4 Å². The summed E-state index contributed by atoms with van der Waals surface area (Å²) in [6.45, 7) is 4.35. The highest BCUT2D eigenvalue weighted by Gasteiger charge is 2.07. The zero-order valence-corrected chi connectivity index (χ0v) is 15.1. The lowest BCUT2D eigenvalue weighted by Gasteiger charge is -2.13. The number of thiocarbonyl (C=S) groups is 1. The minimum atomic E-state index is -0.321. The van der Waals surface area contributed by atoms with Gasteiger partial charge < -0.3 is 15.4 Å². The predicted octanol–water partition coefficient (Wildman–Crippen LogP) is 5.02. The second-order valence-electron chi connectivity index (χ2n) is 5.25. The highest BCUT2D eigenvalue weighted by atomic mass is 35.5. The van der Waals surface area contributed by atoms with Crippen LogP contribution in [0.3, 0.4) is 0 Å². The number of carbonyl (C=O) groups is 1. The van der Waals surface area contributed by atoms with Crippen LogP contribution in [0.2, 0.25) is 5.02 Å². The average molecular weight is 363 g/mol. The normalized spacial score (nSPS) is 10.1. The maximum absolute atomic E-state index is 11.8. The van der Waals surface area contributed by atoms with Crippen LogP contribution in [0.1, 0.15) is 29.3 Å². The highest BCUT2D eigenvalue weighted by molar-refractivity contribution is 7.80. The van der Waals surface area contributed by atoms with Crippen LogP contribution in [0.5, 0.6) is 0 Å². The van der Waals surface area contributed by atoms with Crippen LogP contribution < -0.4 is 10.6 Å². The number of halogens is 1. The third kappa shape index (κ3) is 5.22. The highest BCUT2D eigenvalue weighted by Crippen LogP contribution is 2.20. The number of hydrogen-bond acceptors (Lipinski definition) is 3. The van der Waals surface area contributed by atoms with E-state index in [0.717, 1.165) is 23.4 Å². The van der Waals surface area contributed by atoms with E-state index in [1.807, 2.05) is 32.0 Å². The lowest BCUT2D eigenvalue weighted by atomic mass is 10.2. The minimum Gasteiger partial charge on any atom is -0.462 e. The van der Waals surface area contributed by atoms with E-state index in [4.69, 9.17) is 28.6 Å². The van der Waals surface area contributed by atoms with E-state index in [1.54, 1.807) is 24.3 Å². The van der Waals surface area contributed by atoms with Crippen molar-refractivity contribution in [3.8, 4) is 0 Å². The van der Waals surface area contributed by atoms with E-state index in [-0.39, 0.29) is 5.97 Å². The Balaban J connectivity index is 1.97. The van der Waals surface area contributed by atoms with Crippen molar-refractivity contribution in [2.75, 3.05) is 17.2 Å². The van der Waals surface area contributed by atoms with E-state index in [9.17, 15) is 4.79 Å².